The maximum absolute atomic E-state index is 11.6. The van der Waals surface area contributed by atoms with Crippen LogP contribution >= 0.6 is 0 Å². The summed E-state index contributed by atoms with van der Waals surface area (Å²) < 4.78 is 1.96. The molecule has 0 atom stereocenters. The maximum Gasteiger partial charge on any atom is 0.226 e. The van der Waals surface area contributed by atoms with Gasteiger partial charge in [0, 0.05) is 18.9 Å². The van der Waals surface area contributed by atoms with E-state index in [0.717, 1.165) is 29.9 Å². The van der Waals surface area contributed by atoms with Gasteiger partial charge < -0.3 is 9.72 Å². The number of carbonyl (C=O) groups excluding carboxylic acids is 1. The second-order valence-corrected chi connectivity index (χ2v) is 4.18. The van der Waals surface area contributed by atoms with Crippen molar-refractivity contribution < 1.29 is 4.79 Å². The first kappa shape index (κ1) is 11.6. The first-order valence-electron chi connectivity index (χ1n) is 5.90. The van der Waals surface area contributed by atoms with E-state index in [4.69, 9.17) is 0 Å². The number of aryl methyl sites for hydroxylation is 1. The molecule has 0 fully saturated rings. The molecule has 1 N–H and O–H groups in total. The average molecular weight is 231 g/mol. The summed E-state index contributed by atoms with van der Waals surface area (Å²) in [5.74, 6) is 0.0351. The summed E-state index contributed by atoms with van der Waals surface area (Å²) in [6.07, 6.45) is 5.16. The predicted octanol–water partition coefficient (Wildman–Crippen LogP) is 1.71. The highest BCUT2D eigenvalue weighted by atomic mass is 16.1. The maximum atomic E-state index is 11.6. The molecule has 2 aromatic rings. The van der Waals surface area contributed by atoms with Gasteiger partial charge in [-0.15, -0.1) is 0 Å². The Morgan fingerprint density at radius 1 is 1.53 bits per heavy atom. The molecule has 0 saturated carbocycles. The van der Waals surface area contributed by atoms with Crippen LogP contribution in [-0.2, 0) is 11.2 Å². The monoisotopic (exact) mass is 231 g/mol. The van der Waals surface area contributed by atoms with E-state index in [1.54, 1.807) is 0 Å². The van der Waals surface area contributed by atoms with Crippen LogP contribution in [0, 0.1) is 6.92 Å². The highest BCUT2D eigenvalue weighted by molar-refractivity contribution is 5.78. The SMILES string of the molecule is CCCNC(=O)Cc1cn2cccc(C)c2n1. The van der Waals surface area contributed by atoms with Crippen molar-refractivity contribution in [1.29, 1.82) is 0 Å². The number of rotatable bonds is 4. The van der Waals surface area contributed by atoms with Crippen molar-refractivity contribution in [2.24, 2.45) is 0 Å². The summed E-state index contributed by atoms with van der Waals surface area (Å²) in [4.78, 5) is 16.0. The third-order valence-corrected chi connectivity index (χ3v) is 2.64. The molecular formula is C13H17N3O. The molecule has 0 saturated heterocycles. The van der Waals surface area contributed by atoms with E-state index in [1.165, 1.54) is 0 Å². The average Bonchev–Trinajstić information content (AvgIpc) is 2.70. The van der Waals surface area contributed by atoms with Crippen LogP contribution in [0.5, 0.6) is 0 Å². The Morgan fingerprint density at radius 3 is 3.06 bits per heavy atom. The molecule has 0 spiro atoms. The number of hydrogen-bond acceptors (Lipinski definition) is 2. The van der Waals surface area contributed by atoms with Crippen LogP contribution in [0.4, 0.5) is 0 Å². The molecule has 0 aliphatic heterocycles. The van der Waals surface area contributed by atoms with E-state index in [2.05, 4.69) is 10.3 Å². The molecule has 0 aliphatic carbocycles. The lowest BCUT2D eigenvalue weighted by atomic mass is 10.3. The number of nitrogens with one attached hydrogen (secondary N) is 1. The lowest BCUT2D eigenvalue weighted by Crippen LogP contribution is -2.25. The first-order valence-corrected chi connectivity index (χ1v) is 5.90. The lowest BCUT2D eigenvalue weighted by molar-refractivity contribution is -0.120. The van der Waals surface area contributed by atoms with Gasteiger partial charge in [0.05, 0.1) is 12.1 Å². The lowest BCUT2D eigenvalue weighted by Gasteiger charge is -2.00. The van der Waals surface area contributed by atoms with Gasteiger partial charge in [0.1, 0.15) is 5.65 Å². The van der Waals surface area contributed by atoms with Gasteiger partial charge in [0.15, 0.2) is 0 Å². The molecule has 2 aromatic heterocycles. The van der Waals surface area contributed by atoms with E-state index < -0.39 is 0 Å². The summed E-state index contributed by atoms with van der Waals surface area (Å²) in [5, 5.41) is 2.85. The summed E-state index contributed by atoms with van der Waals surface area (Å²) >= 11 is 0. The van der Waals surface area contributed by atoms with Crippen LogP contribution in [0.25, 0.3) is 5.65 Å². The molecule has 0 radical (unpaired) electrons. The standard InChI is InChI=1S/C13H17N3O/c1-3-6-14-12(17)8-11-9-16-7-4-5-10(2)13(16)15-11/h4-5,7,9H,3,6,8H2,1-2H3,(H,14,17). The molecule has 4 nitrogen and oxygen atoms in total. The van der Waals surface area contributed by atoms with Gasteiger partial charge in [-0.2, -0.15) is 0 Å². The topological polar surface area (TPSA) is 46.4 Å². The van der Waals surface area contributed by atoms with Crippen LogP contribution in [0.1, 0.15) is 24.6 Å². The second kappa shape index (κ2) is 4.99. The molecule has 0 aliphatic rings. The van der Waals surface area contributed by atoms with Gasteiger partial charge in [-0.25, -0.2) is 4.98 Å². The number of nitrogens with zero attached hydrogens (tertiary/aromatic N) is 2. The minimum atomic E-state index is 0.0351. The Labute approximate surface area is 101 Å². The molecule has 2 rings (SSSR count). The Kier molecular flexibility index (Phi) is 3.42. The van der Waals surface area contributed by atoms with E-state index >= 15 is 0 Å². The van der Waals surface area contributed by atoms with E-state index in [1.807, 2.05) is 42.8 Å². The molecule has 17 heavy (non-hydrogen) atoms. The van der Waals surface area contributed by atoms with Gasteiger partial charge in [-0.05, 0) is 25.0 Å². The third-order valence-electron chi connectivity index (χ3n) is 2.64. The van der Waals surface area contributed by atoms with Gasteiger partial charge in [-0.3, -0.25) is 4.79 Å². The van der Waals surface area contributed by atoms with Gasteiger partial charge in [0.25, 0.3) is 0 Å². The Hall–Kier alpha value is -1.84. The van der Waals surface area contributed by atoms with Crippen LogP contribution in [0.2, 0.25) is 0 Å². The van der Waals surface area contributed by atoms with Crippen LogP contribution < -0.4 is 5.32 Å². The van der Waals surface area contributed by atoms with Crippen molar-refractivity contribution in [3.8, 4) is 0 Å². The van der Waals surface area contributed by atoms with Crippen molar-refractivity contribution in [2.75, 3.05) is 6.54 Å². The van der Waals surface area contributed by atoms with Gasteiger partial charge in [0.2, 0.25) is 5.91 Å². The summed E-state index contributed by atoms with van der Waals surface area (Å²) in [7, 11) is 0. The predicted molar refractivity (Wildman–Crippen MR) is 66.9 cm³/mol. The highest BCUT2D eigenvalue weighted by Crippen LogP contribution is 2.10. The number of fused-ring (bicyclic) bond motifs is 1. The van der Waals surface area contributed by atoms with E-state index in [-0.39, 0.29) is 5.91 Å². The van der Waals surface area contributed by atoms with Crippen molar-refractivity contribution in [2.45, 2.75) is 26.7 Å². The fourth-order valence-corrected chi connectivity index (χ4v) is 1.78. The normalized spacial score (nSPS) is 10.7. The van der Waals surface area contributed by atoms with Crippen LogP contribution in [0.3, 0.4) is 0 Å². The molecule has 4 heteroatoms. The van der Waals surface area contributed by atoms with Gasteiger partial charge in [-0.1, -0.05) is 13.0 Å². The fraction of sp³-hybridized carbons (Fsp3) is 0.385. The third kappa shape index (κ3) is 2.64. The van der Waals surface area contributed by atoms with E-state index in [9.17, 15) is 4.79 Å². The summed E-state index contributed by atoms with van der Waals surface area (Å²) in [5.41, 5.74) is 2.85. The number of pyridine rings is 1. The number of imidazole rings is 1. The van der Waals surface area contributed by atoms with Crippen LogP contribution in [0.15, 0.2) is 24.5 Å². The number of amides is 1. The highest BCUT2D eigenvalue weighted by Gasteiger charge is 2.07. The summed E-state index contributed by atoms with van der Waals surface area (Å²) in [6.45, 7) is 4.78. The van der Waals surface area contributed by atoms with Crippen molar-refractivity contribution >= 4 is 11.6 Å². The molecule has 0 bridgehead atoms. The molecule has 1 amide bonds. The molecule has 90 valence electrons. The number of carbonyl (C=O) groups is 1. The van der Waals surface area contributed by atoms with Crippen molar-refractivity contribution in [3.05, 3.63) is 35.8 Å². The largest absolute Gasteiger partial charge is 0.356 e. The molecule has 0 aromatic carbocycles. The van der Waals surface area contributed by atoms with Gasteiger partial charge >= 0.3 is 0 Å². The Bertz CT molecular complexity index is 530. The zero-order chi connectivity index (χ0) is 12.3. The Morgan fingerprint density at radius 2 is 2.35 bits per heavy atom. The molecular weight excluding hydrogens is 214 g/mol. The zero-order valence-corrected chi connectivity index (χ0v) is 10.2. The Balaban J connectivity index is 2.14. The van der Waals surface area contributed by atoms with Crippen molar-refractivity contribution in [3.63, 3.8) is 0 Å². The molecule has 0 unspecified atom stereocenters. The minimum Gasteiger partial charge on any atom is -0.356 e. The number of hydrogen-bond donors (Lipinski definition) is 1. The number of aromatic nitrogens is 2. The van der Waals surface area contributed by atoms with E-state index in [0.29, 0.717) is 6.42 Å². The van der Waals surface area contributed by atoms with Crippen LogP contribution in [-0.4, -0.2) is 21.8 Å². The fourth-order valence-electron chi connectivity index (χ4n) is 1.78. The molecule has 2 heterocycles. The summed E-state index contributed by atoms with van der Waals surface area (Å²) in [6, 6.07) is 3.99. The smallest absolute Gasteiger partial charge is 0.226 e. The zero-order valence-electron chi connectivity index (χ0n) is 10.2. The quantitative estimate of drug-likeness (QED) is 0.870. The first-order chi connectivity index (χ1) is 8.20. The minimum absolute atomic E-state index is 0.0351. The second-order valence-electron chi connectivity index (χ2n) is 4.18. The van der Waals surface area contributed by atoms with Crippen molar-refractivity contribution in [1.82, 2.24) is 14.7 Å².